The average Bonchev–Trinajstić information content (AvgIpc) is 3.02. The van der Waals surface area contributed by atoms with E-state index in [9.17, 15) is 14.4 Å². The van der Waals surface area contributed by atoms with Crippen LogP contribution in [0, 0.1) is 26.2 Å². The summed E-state index contributed by atoms with van der Waals surface area (Å²) in [6, 6.07) is 4.08. The second kappa shape index (κ2) is 6.65. The van der Waals surface area contributed by atoms with Crippen LogP contribution in [0.15, 0.2) is 17.1 Å². The summed E-state index contributed by atoms with van der Waals surface area (Å²) in [5.74, 6) is 1.40. The molecule has 2 heterocycles. The molecule has 1 aliphatic rings. The summed E-state index contributed by atoms with van der Waals surface area (Å²) < 4.78 is 2.81. The van der Waals surface area contributed by atoms with Crippen LogP contribution in [0.25, 0.3) is 10.2 Å². The molecule has 7 heteroatoms. The molecule has 1 fully saturated rings. The number of likely N-dealkylation sites (tertiary alicyclic amines) is 1. The fourth-order valence-electron chi connectivity index (χ4n) is 2.99. The van der Waals surface area contributed by atoms with Crippen molar-refractivity contribution < 1.29 is 14.4 Å². The Morgan fingerprint density at radius 2 is 1.96 bits per heavy atom. The molecule has 3 amide bonds. The Balaban J connectivity index is 2.03. The minimum atomic E-state index is -0.532. The quantitative estimate of drug-likeness (QED) is 0.619. The number of terminal acetylenes is 1. The van der Waals surface area contributed by atoms with Crippen LogP contribution in [0.5, 0.6) is 0 Å². The lowest BCUT2D eigenvalue weighted by Crippen LogP contribution is -2.34. The predicted molar refractivity (Wildman–Crippen MR) is 94.6 cm³/mol. The van der Waals surface area contributed by atoms with Crippen LogP contribution in [0.2, 0.25) is 0 Å². The predicted octanol–water partition coefficient (Wildman–Crippen LogP) is 1.53. The molecule has 0 N–H and O–H groups in total. The normalized spacial score (nSPS) is 15.2. The van der Waals surface area contributed by atoms with Crippen molar-refractivity contribution in [3.63, 3.8) is 0 Å². The van der Waals surface area contributed by atoms with Crippen LogP contribution in [0.3, 0.4) is 0 Å². The van der Waals surface area contributed by atoms with Gasteiger partial charge in [-0.1, -0.05) is 23.3 Å². The number of aromatic nitrogens is 1. The Morgan fingerprint density at radius 3 is 2.60 bits per heavy atom. The highest BCUT2D eigenvalue weighted by Crippen LogP contribution is 2.23. The minimum Gasteiger partial charge on any atom is -0.304 e. The van der Waals surface area contributed by atoms with E-state index in [1.54, 1.807) is 0 Å². The number of thiazole rings is 1. The van der Waals surface area contributed by atoms with Crippen molar-refractivity contribution in [2.24, 2.45) is 4.99 Å². The summed E-state index contributed by atoms with van der Waals surface area (Å²) >= 11 is 1.37. The summed E-state index contributed by atoms with van der Waals surface area (Å²) in [4.78, 5) is 41.1. The van der Waals surface area contributed by atoms with Gasteiger partial charge in [0.2, 0.25) is 11.8 Å². The molecule has 0 atom stereocenters. The second-order valence-electron chi connectivity index (χ2n) is 5.98. The topological polar surface area (TPSA) is 71.7 Å². The van der Waals surface area contributed by atoms with E-state index in [0.717, 1.165) is 26.2 Å². The third-order valence-electron chi connectivity index (χ3n) is 4.03. The SMILES string of the molecule is C#CCn1c(=NC(=O)CN2C(=O)CCC2=O)sc2cc(C)cc(C)c21. The summed E-state index contributed by atoms with van der Waals surface area (Å²) in [7, 11) is 0. The molecule has 0 saturated carbocycles. The van der Waals surface area contributed by atoms with E-state index >= 15 is 0 Å². The van der Waals surface area contributed by atoms with Gasteiger partial charge in [0, 0.05) is 12.8 Å². The van der Waals surface area contributed by atoms with Crippen LogP contribution < -0.4 is 4.80 Å². The lowest BCUT2D eigenvalue weighted by atomic mass is 10.1. The molecule has 1 saturated heterocycles. The van der Waals surface area contributed by atoms with Gasteiger partial charge in [0.1, 0.15) is 6.54 Å². The Kier molecular flexibility index (Phi) is 4.55. The standard InChI is InChI=1S/C18H17N3O3S/c1-4-7-20-17-12(3)8-11(2)9-13(17)25-18(20)19-14(22)10-21-15(23)5-6-16(21)24/h1,8-9H,5-7,10H2,2-3H3. The van der Waals surface area contributed by atoms with E-state index < -0.39 is 5.91 Å². The van der Waals surface area contributed by atoms with Crippen molar-refractivity contribution in [2.45, 2.75) is 33.2 Å². The maximum Gasteiger partial charge on any atom is 0.268 e. The molecular weight excluding hydrogens is 338 g/mol. The molecule has 1 aliphatic heterocycles. The van der Waals surface area contributed by atoms with Gasteiger partial charge in [0.25, 0.3) is 5.91 Å². The first-order valence-electron chi connectivity index (χ1n) is 7.85. The first kappa shape index (κ1) is 17.1. The molecule has 0 unspecified atom stereocenters. The first-order valence-corrected chi connectivity index (χ1v) is 8.67. The number of hydrogen-bond donors (Lipinski definition) is 0. The molecule has 1 aromatic carbocycles. The Morgan fingerprint density at radius 1 is 1.28 bits per heavy atom. The fourth-order valence-corrected chi connectivity index (χ4v) is 4.21. The van der Waals surface area contributed by atoms with Crippen molar-refractivity contribution in [3.05, 3.63) is 28.1 Å². The molecule has 1 aromatic heterocycles. The number of nitrogens with zero attached hydrogens (tertiary/aromatic N) is 3. The smallest absolute Gasteiger partial charge is 0.268 e. The van der Waals surface area contributed by atoms with Gasteiger partial charge in [-0.25, -0.2) is 0 Å². The number of aryl methyl sites for hydroxylation is 2. The van der Waals surface area contributed by atoms with Crippen LogP contribution in [-0.4, -0.2) is 33.7 Å². The number of amides is 3. The fraction of sp³-hybridized carbons (Fsp3) is 0.333. The molecule has 128 valence electrons. The minimum absolute atomic E-state index is 0.157. The highest BCUT2D eigenvalue weighted by atomic mass is 32.1. The van der Waals surface area contributed by atoms with Crippen molar-refractivity contribution in [3.8, 4) is 12.3 Å². The zero-order valence-corrected chi connectivity index (χ0v) is 14.9. The molecule has 2 aromatic rings. The van der Waals surface area contributed by atoms with E-state index in [4.69, 9.17) is 6.42 Å². The van der Waals surface area contributed by atoms with Crippen molar-refractivity contribution >= 4 is 39.3 Å². The van der Waals surface area contributed by atoms with Gasteiger partial charge in [0.05, 0.1) is 16.8 Å². The molecule has 0 radical (unpaired) electrons. The number of carbonyl (C=O) groups excluding carboxylic acids is 3. The van der Waals surface area contributed by atoms with Crippen molar-refractivity contribution in [1.82, 2.24) is 9.47 Å². The summed E-state index contributed by atoms with van der Waals surface area (Å²) in [5.41, 5.74) is 3.12. The van der Waals surface area contributed by atoms with Crippen LogP contribution in [-0.2, 0) is 20.9 Å². The zero-order valence-electron chi connectivity index (χ0n) is 14.0. The largest absolute Gasteiger partial charge is 0.304 e. The summed E-state index contributed by atoms with van der Waals surface area (Å²) in [6.45, 7) is 3.96. The first-order chi connectivity index (χ1) is 11.9. The van der Waals surface area contributed by atoms with Gasteiger partial charge >= 0.3 is 0 Å². The van der Waals surface area contributed by atoms with Gasteiger partial charge in [-0.15, -0.1) is 6.42 Å². The number of fused-ring (bicyclic) bond motifs is 1. The second-order valence-corrected chi connectivity index (χ2v) is 6.99. The number of rotatable bonds is 3. The molecular formula is C18H17N3O3S. The lowest BCUT2D eigenvalue weighted by molar-refractivity contribution is -0.141. The highest BCUT2D eigenvalue weighted by molar-refractivity contribution is 7.16. The van der Waals surface area contributed by atoms with E-state index in [0.29, 0.717) is 4.80 Å². The lowest BCUT2D eigenvalue weighted by Gasteiger charge is -2.10. The molecule has 25 heavy (non-hydrogen) atoms. The number of imide groups is 1. The van der Waals surface area contributed by atoms with Gasteiger partial charge in [-0.3, -0.25) is 19.3 Å². The number of hydrogen-bond acceptors (Lipinski definition) is 4. The van der Waals surface area contributed by atoms with Gasteiger partial charge < -0.3 is 4.57 Å². The molecule has 3 rings (SSSR count). The van der Waals surface area contributed by atoms with E-state index in [1.165, 1.54) is 11.3 Å². The monoisotopic (exact) mass is 355 g/mol. The summed E-state index contributed by atoms with van der Waals surface area (Å²) in [5, 5.41) is 0. The zero-order chi connectivity index (χ0) is 18.1. The van der Waals surface area contributed by atoms with E-state index in [-0.39, 0.29) is 37.7 Å². The van der Waals surface area contributed by atoms with Gasteiger partial charge in [0.15, 0.2) is 4.80 Å². The Labute approximate surface area is 148 Å². The van der Waals surface area contributed by atoms with Gasteiger partial charge in [-0.2, -0.15) is 4.99 Å². The number of carbonyl (C=O) groups is 3. The number of benzene rings is 1. The third-order valence-corrected chi connectivity index (χ3v) is 5.06. The average molecular weight is 355 g/mol. The van der Waals surface area contributed by atoms with Crippen molar-refractivity contribution in [1.29, 1.82) is 0 Å². The summed E-state index contributed by atoms with van der Waals surface area (Å²) in [6.07, 6.45) is 5.78. The van der Waals surface area contributed by atoms with E-state index in [1.807, 2.05) is 24.5 Å². The Hall–Kier alpha value is -2.72. The van der Waals surface area contributed by atoms with Crippen molar-refractivity contribution in [2.75, 3.05) is 6.54 Å². The van der Waals surface area contributed by atoms with Crippen LogP contribution in [0.1, 0.15) is 24.0 Å². The van der Waals surface area contributed by atoms with Crippen LogP contribution in [0.4, 0.5) is 0 Å². The Bertz CT molecular complexity index is 991. The van der Waals surface area contributed by atoms with Gasteiger partial charge in [-0.05, 0) is 31.0 Å². The van der Waals surface area contributed by atoms with Crippen LogP contribution >= 0.6 is 11.3 Å². The molecule has 0 aliphatic carbocycles. The maximum absolute atomic E-state index is 12.3. The molecule has 6 nitrogen and oxygen atoms in total. The highest BCUT2D eigenvalue weighted by Gasteiger charge is 2.30. The molecule has 0 spiro atoms. The van der Waals surface area contributed by atoms with E-state index in [2.05, 4.69) is 17.0 Å². The molecule has 0 bridgehead atoms. The maximum atomic E-state index is 12.3. The third kappa shape index (κ3) is 3.26.